The second-order valence-corrected chi connectivity index (χ2v) is 6.27. The third kappa shape index (κ3) is 2.84. The van der Waals surface area contributed by atoms with Gasteiger partial charge in [-0.1, -0.05) is 6.07 Å². The zero-order chi connectivity index (χ0) is 15.8. The number of fused-ring (bicyclic) bond motifs is 1. The number of aromatic amines is 1. The lowest BCUT2D eigenvalue weighted by Crippen LogP contribution is -2.30. The first-order chi connectivity index (χ1) is 11.2. The van der Waals surface area contributed by atoms with E-state index < -0.39 is 0 Å². The number of nitrogens with one attached hydrogen (secondary N) is 2. The van der Waals surface area contributed by atoms with Crippen LogP contribution in [0, 0.1) is 12.8 Å². The van der Waals surface area contributed by atoms with Gasteiger partial charge < -0.3 is 10.3 Å². The topological polar surface area (TPSA) is 57.8 Å². The normalized spacial score (nSPS) is 15.5. The molecule has 3 aromatic rings. The number of rotatable bonds is 4. The van der Waals surface area contributed by atoms with Crippen LogP contribution in [0.3, 0.4) is 0 Å². The highest BCUT2D eigenvalue weighted by atomic mass is 16.1. The lowest BCUT2D eigenvalue weighted by Gasteiger charge is -2.18. The van der Waals surface area contributed by atoms with E-state index in [4.69, 9.17) is 0 Å². The molecule has 1 aliphatic carbocycles. The van der Waals surface area contributed by atoms with E-state index in [1.165, 1.54) is 0 Å². The average molecular weight is 305 g/mol. The number of hydrogen-bond acceptors (Lipinski definition) is 2. The molecule has 2 N–H and O–H groups in total. The summed E-state index contributed by atoms with van der Waals surface area (Å²) < 4.78 is 0. The molecule has 4 rings (SSSR count). The van der Waals surface area contributed by atoms with Crippen LogP contribution in [0.2, 0.25) is 0 Å². The SMILES string of the molecule is Cc1cccc(C(NC(=O)c2ccc3[nH]ccc3c2)C2CC2)n1. The zero-order valence-electron chi connectivity index (χ0n) is 13.0. The van der Waals surface area contributed by atoms with Crippen molar-refractivity contribution < 1.29 is 4.79 Å². The predicted octanol–water partition coefficient (Wildman–Crippen LogP) is 3.75. The van der Waals surface area contributed by atoms with E-state index in [1.54, 1.807) is 0 Å². The highest BCUT2D eigenvalue weighted by Crippen LogP contribution is 2.40. The summed E-state index contributed by atoms with van der Waals surface area (Å²) in [7, 11) is 0. The van der Waals surface area contributed by atoms with Crippen molar-refractivity contribution in [3.05, 3.63) is 65.6 Å². The number of pyridine rings is 1. The van der Waals surface area contributed by atoms with Gasteiger partial charge in [-0.2, -0.15) is 0 Å². The minimum atomic E-state index is -0.0340. The van der Waals surface area contributed by atoms with Crippen molar-refractivity contribution in [3.63, 3.8) is 0 Å². The van der Waals surface area contributed by atoms with Crippen LogP contribution >= 0.6 is 0 Å². The van der Waals surface area contributed by atoms with Crippen LogP contribution in [0.1, 0.15) is 40.6 Å². The van der Waals surface area contributed by atoms with Gasteiger partial charge in [-0.3, -0.25) is 9.78 Å². The molecule has 1 aromatic carbocycles. The Morgan fingerprint density at radius 1 is 1.26 bits per heavy atom. The van der Waals surface area contributed by atoms with Crippen molar-refractivity contribution >= 4 is 16.8 Å². The Labute approximate surface area is 134 Å². The van der Waals surface area contributed by atoms with Gasteiger partial charge in [0, 0.05) is 28.4 Å². The van der Waals surface area contributed by atoms with Crippen LogP contribution < -0.4 is 5.32 Å². The van der Waals surface area contributed by atoms with E-state index in [9.17, 15) is 4.79 Å². The van der Waals surface area contributed by atoms with Crippen LogP contribution in [0.5, 0.6) is 0 Å². The molecular weight excluding hydrogens is 286 g/mol. The van der Waals surface area contributed by atoms with Crippen molar-refractivity contribution in [3.8, 4) is 0 Å². The summed E-state index contributed by atoms with van der Waals surface area (Å²) in [5.41, 5.74) is 3.68. The molecule has 1 atom stereocenters. The molecule has 1 aliphatic rings. The molecule has 2 heterocycles. The predicted molar refractivity (Wildman–Crippen MR) is 90.2 cm³/mol. The van der Waals surface area contributed by atoms with Gasteiger partial charge in [-0.25, -0.2) is 0 Å². The molecule has 0 aliphatic heterocycles. The molecule has 4 nitrogen and oxygen atoms in total. The van der Waals surface area contributed by atoms with Crippen molar-refractivity contribution in [2.75, 3.05) is 0 Å². The third-order valence-electron chi connectivity index (χ3n) is 4.42. The van der Waals surface area contributed by atoms with Gasteiger partial charge in [0.15, 0.2) is 0 Å². The number of carbonyl (C=O) groups is 1. The van der Waals surface area contributed by atoms with Gasteiger partial charge in [0.25, 0.3) is 5.91 Å². The summed E-state index contributed by atoms with van der Waals surface area (Å²) in [5.74, 6) is 0.470. The minimum absolute atomic E-state index is 0.00400. The van der Waals surface area contributed by atoms with Gasteiger partial charge in [0.05, 0.1) is 11.7 Å². The first kappa shape index (κ1) is 14.0. The van der Waals surface area contributed by atoms with Crippen molar-refractivity contribution in [1.29, 1.82) is 0 Å². The van der Waals surface area contributed by atoms with Crippen LogP contribution in [-0.4, -0.2) is 15.9 Å². The summed E-state index contributed by atoms with van der Waals surface area (Å²) in [6, 6.07) is 13.7. The molecular formula is C19H19N3O. The molecule has 4 heteroatoms. The number of H-pyrrole nitrogens is 1. The number of carbonyl (C=O) groups excluding carboxylic acids is 1. The summed E-state index contributed by atoms with van der Waals surface area (Å²) in [5, 5.41) is 4.23. The molecule has 0 saturated heterocycles. The highest BCUT2D eigenvalue weighted by Gasteiger charge is 2.34. The smallest absolute Gasteiger partial charge is 0.251 e. The fraction of sp³-hybridized carbons (Fsp3) is 0.263. The first-order valence-electron chi connectivity index (χ1n) is 8.02. The number of aromatic nitrogens is 2. The Kier molecular flexibility index (Phi) is 3.37. The van der Waals surface area contributed by atoms with Crippen molar-refractivity contribution in [1.82, 2.24) is 15.3 Å². The maximum atomic E-state index is 12.7. The number of hydrogen-bond donors (Lipinski definition) is 2. The highest BCUT2D eigenvalue weighted by molar-refractivity contribution is 5.98. The Hall–Kier alpha value is -2.62. The first-order valence-corrected chi connectivity index (χ1v) is 8.02. The zero-order valence-corrected chi connectivity index (χ0v) is 13.0. The maximum absolute atomic E-state index is 12.7. The molecule has 1 amide bonds. The van der Waals surface area contributed by atoms with Crippen LogP contribution in [0.4, 0.5) is 0 Å². The van der Waals surface area contributed by atoms with E-state index in [-0.39, 0.29) is 11.9 Å². The standard InChI is InChI=1S/C19H19N3O/c1-12-3-2-4-17(21-12)18(13-5-6-13)22-19(23)15-7-8-16-14(11-15)9-10-20-16/h2-4,7-11,13,18,20H,5-6H2,1H3,(H,22,23). The van der Waals surface area contributed by atoms with E-state index >= 15 is 0 Å². The Bertz CT molecular complexity index is 864. The Morgan fingerprint density at radius 2 is 2.13 bits per heavy atom. The number of amides is 1. The number of aryl methyl sites for hydroxylation is 1. The molecule has 116 valence electrons. The average Bonchev–Trinajstić information content (AvgIpc) is 3.28. The number of benzene rings is 1. The molecule has 1 unspecified atom stereocenters. The van der Waals surface area contributed by atoms with Gasteiger partial charge >= 0.3 is 0 Å². The van der Waals surface area contributed by atoms with Crippen molar-refractivity contribution in [2.24, 2.45) is 5.92 Å². The molecule has 0 spiro atoms. The maximum Gasteiger partial charge on any atom is 0.251 e. The number of nitrogens with zero attached hydrogens (tertiary/aromatic N) is 1. The van der Waals surface area contributed by atoms with Crippen LogP contribution in [0.25, 0.3) is 10.9 Å². The summed E-state index contributed by atoms with van der Waals surface area (Å²) >= 11 is 0. The molecule has 0 radical (unpaired) electrons. The molecule has 1 fully saturated rings. The van der Waals surface area contributed by atoms with Gasteiger partial charge in [0.1, 0.15) is 0 Å². The van der Waals surface area contributed by atoms with E-state index in [2.05, 4.69) is 15.3 Å². The molecule has 0 bridgehead atoms. The van der Waals surface area contributed by atoms with Gasteiger partial charge in [-0.05, 0) is 62.1 Å². The minimum Gasteiger partial charge on any atom is -0.361 e. The lowest BCUT2D eigenvalue weighted by molar-refractivity contribution is 0.0931. The fourth-order valence-corrected chi connectivity index (χ4v) is 3.02. The second-order valence-electron chi connectivity index (χ2n) is 6.27. The summed E-state index contributed by atoms with van der Waals surface area (Å²) in [4.78, 5) is 20.4. The third-order valence-corrected chi connectivity index (χ3v) is 4.42. The molecule has 2 aromatic heterocycles. The fourth-order valence-electron chi connectivity index (χ4n) is 3.02. The summed E-state index contributed by atoms with van der Waals surface area (Å²) in [6.45, 7) is 1.98. The largest absolute Gasteiger partial charge is 0.361 e. The van der Waals surface area contributed by atoms with Gasteiger partial charge in [-0.15, -0.1) is 0 Å². The lowest BCUT2D eigenvalue weighted by atomic mass is 10.1. The molecule has 1 saturated carbocycles. The summed E-state index contributed by atoms with van der Waals surface area (Å²) in [6.07, 6.45) is 4.19. The molecule has 23 heavy (non-hydrogen) atoms. The monoisotopic (exact) mass is 305 g/mol. The van der Waals surface area contributed by atoms with E-state index in [0.717, 1.165) is 35.1 Å². The quantitative estimate of drug-likeness (QED) is 0.771. The van der Waals surface area contributed by atoms with Gasteiger partial charge in [0.2, 0.25) is 0 Å². The van der Waals surface area contributed by atoms with E-state index in [1.807, 2.05) is 55.6 Å². The second kappa shape index (κ2) is 5.54. The van der Waals surface area contributed by atoms with Crippen LogP contribution in [-0.2, 0) is 0 Å². The Morgan fingerprint density at radius 3 is 2.91 bits per heavy atom. The van der Waals surface area contributed by atoms with Crippen molar-refractivity contribution in [2.45, 2.75) is 25.8 Å². The Balaban J connectivity index is 1.60. The van der Waals surface area contributed by atoms with E-state index in [0.29, 0.717) is 11.5 Å². The van der Waals surface area contributed by atoms with Crippen LogP contribution in [0.15, 0.2) is 48.7 Å².